The summed E-state index contributed by atoms with van der Waals surface area (Å²) in [5.41, 5.74) is 2.45. The van der Waals surface area contributed by atoms with Crippen LogP contribution in [-0.2, 0) is 17.8 Å². The molecule has 1 heterocycles. The van der Waals surface area contributed by atoms with Crippen LogP contribution in [0.15, 0.2) is 57.9 Å². The number of nitrogens with zero attached hydrogens (tertiary/aromatic N) is 1. The zero-order valence-electron chi connectivity index (χ0n) is 17.6. The molecule has 158 valence electrons. The van der Waals surface area contributed by atoms with Gasteiger partial charge in [0.05, 0.1) is 27.2 Å². The molecular weight excluding hydrogens is 400 g/mol. The number of carbonyl (C=O) groups is 1. The molecule has 0 saturated carbocycles. The van der Waals surface area contributed by atoms with Crippen LogP contribution in [0, 0.1) is 0 Å². The summed E-state index contributed by atoms with van der Waals surface area (Å²) < 4.78 is 16.0. The maximum absolute atomic E-state index is 12.3. The van der Waals surface area contributed by atoms with E-state index in [1.165, 1.54) is 4.90 Å². The number of methoxy groups -OCH3 is 2. The van der Waals surface area contributed by atoms with Crippen LogP contribution in [-0.4, -0.2) is 30.5 Å². The Kier molecular flexibility index (Phi) is 7.41. The molecule has 30 heavy (non-hydrogen) atoms. The van der Waals surface area contributed by atoms with Gasteiger partial charge in [0, 0.05) is 21.8 Å². The Hall–Kier alpha value is -2.93. The highest BCUT2D eigenvalue weighted by Gasteiger charge is 2.12. The molecule has 0 aliphatic carbocycles. The number of rotatable bonds is 9. The van der Waals surface area contributed by atoms with Crippen LogP contribution < -0.4 is 14.8 Å². The predicted molar refractivity (Wildman–Crippen MR) is 118 cm³/mol. The van der Waals surface area contributed by atoms with E-state index in [-0.39, 0.29) is 5.91 Å². The summed E-state index contributed by atoms with van der Waals surface area (Å²) in [6.45, 7) is 4.62. The molecular formula is C23H26N2O4S. The van der Waals surface area contributed by atoms with E-state index in [4.69, 9.17) is 14.0 Å². The first-order chi connectivity index (χ1) is 14.5. The van der Waals surface area contributed by atoms with E-state index in [9.17, 15) is 4.79 Å². The van der Waals surface area contributed by atoms with E-state index >= 15 is 0 Å². The Morgan fingerprint density at radius 1 is 1.07 bits per heavy atom. The lowest BCUT2D eigenvalue weighted by molar-refractivity contribution is -0.120. The summed E-state index contributed by atoms with van der Waals surface area (Å²) >= 11 is 1.80. The van der Waals surface area contributed by atoms with Crippen molar-refractivity contribution in [3.8, 4) is 22.8 Å². The third-order valence-electron chi connectivity index (χ3n) is 4.35. The van der Waals surface area contributed by atoms with Crippen LogP contribution in [0.3, 0.4) is 0 Å². The summed E-state index contributed by atoms with van der Waals surface area (Å²) in [7, 11) is 3.17. The molecule has 0 aliphatic heterocycles. The van der Waals surface area contributed by atoms with Gasteiger partial charge in [0.15, 0.2) is 17.3 Å². The van der Waals surface area contributed by atoms with Crippen LogP contribution in [0.1, 0.15) is 25.1 Å². The van der Waals surface area contributed by atoms with Crippen molar-refractivity contribution in [2.45, 2.75) is 37.0 Å². The number of thioether (sulfide) groups is 1. The summed E-state index contributed by atoms with van der Waals surface area (Å²) in [6, 6.07) is 15.4. The monoisotopic (exact) mass is 426 g/mol. The number of nitrogens with one attached hydrogen (secondary N) is 1. The Morgan fingerprint density at radius 3 is 2.47 bits per heavy atom. The fraction of sp³-hybridized carbons (Fsp3) is 0.304. The van der Waals surface area contributed by atoms with Gasteiger partial charge >= 0.3 is 0 Å². The first kappa shape index (κ1) is 21.8. The van der Waals surface area contributed by atoms with E-state index in [1.807, 2.05) is 30.3 Å². The summed E-state index contributed by atoms with van der Waals surface area (Å²) in [6.07, 6.45) is 0.326. The third-order valence-corrected chi connectivity index (χ3v) is 5.37. The van der Waals surface area contributed by atoms with E-state index in [2.05, 4.69) is 36.5 Å². The molecule has 0 aliphatic rings. The Bertz CT molecular complexity index is 983. The van der Waals surface area contributed by atoms with Gasteiger partial charge in [-0.3, -0.25) is 4.79 Å². The van der Waals surface area contributed by atoms with Crippen LogP contribution in [0.25, 0.3) is 11.3 Å². The first-order valence-corrected chi connectivity index (χ1v) is 10.6. The highest BCUT2D eigenvalue weighted by molar-refractivity contribution is 7.99. The second-order valence-electron chi connectivity index (χ2n) is 7.02. The smallest absolute Gasteiger partial charge is 0.224 e. The number of aromatic nitrogens is 1. The Balaban J connectivity index is 1.55. The molecule has 0 atom stereocenters. The maximum Gasteiger partial charge on any atom is 0.224 e. The van der Waals surface area contributed by atoms with Gasteiger partial charge in [-0.2, -0.15) is 0 Å². The van der Waals surface area contributed by atoms with Gasteiger partial charge in [-0.15, -0.1) is 11.8 Å². The van der Waals surface area contributed by atoms with Crippen LogP contribution in [0.2, 0.25) is 0 Å². The van der Waals surface area contributed by atoms with Crippen molar-refractivity contribution < 1.29 is 18.8 Å². The largest absolute Gasteiger partial charge is 0.493 e. The van der Waals surface area contributed by atoms with Gasteiger partial charge in [-0.05, 0) is 35.9 Å². The highest BCUT2D eigenvalue weighted by atomic mass is 32.2. The number of hydrogen-bond acceptors (Lipinski definition) is 6. The zero-order valence-corrected chi connectivity index (χ0v) is 18.4. The van der Waals surface area contributed by atoms with Crippen LogP contribution >= 0.6 is 11.8 Å². The van der Waals surface area contributed by atoms with Gasteiger partial charge in [-0.1, -0.05) is 31.1 Å². The highest BCUT2D eigenvalue weighted by Crippen LogP contribution is 2.32. The average Bonchev–Trinajstić information content (AvgIpc) is 3.22. The molecule has 3 aromatic rings. The molecule has 1 aromatic heterocycles. The molecule has 1 N–H and O–H groups in total. The molecule has 0 spiro atoms. The summed E-state index contributed by atoms with van der Waals surface area (Å²) in [4.78, 5) is 13.5. The van der Waals surface area contributed by atoms with Gasteiger partial charge in [-0.25, -0.2) is 0 Å². The molecule has 7 heteroatoms. The van der Waals surface area contributed by atoms with E-state index in [0.29, 0.717) is 41.2 Å². The number of hydrogen-bond donors (Lipinski definition) is 1. The predicted octanol–water partition coefficient (Wildman–Crippen LogP) is 4.72. The molecule has 0 fully saturated rings. The zero-order chi connectivity index (χ0) is 21.5. The molecule has 2 aromatic carbocycles. The summed E-state index contributed by atoms with van der Waals surface area (Å²) in [5.74, 6) is 1.79. The summed E-state index contributed by atoms with van der Waals surface area (Å²) in [5, 5.41) is 7.47. The van der Waals surface area contributed by atoms with Crippen molar-refractivity contribution in [3.05, 3.63) is 59.8 Å². The normalized spacial score (nSPS) is 10.8. The third kappa shape index (κ3) is 5.79. The van der Waals surface area contributed by atoms with Crippen molar-refractivity contribution in [2.24, 2.45) is 0 Å². The maximum atomic E-state index is 12.3. The van der Waals surface area contributed by atoms with Crippen LogP contribution in [0.4, 0.5) is 0 Å². The number of benzene rings is 2. The average molecular weight is 427 g/mol. The molecule has 3 rings (SSSR count). The Morgan fingerprint density at radius 2 is 1.80 bits per heavy atom. The van der Waals surface area contributed by atoms with Gasteiger partial charge in [0.25, 0.3) is 0 Å². The second kappa shape index (κ2) is 10.2. The molecule has 6 nitrogen and oxygen atoms in total. The van der Waals surface area contributed by atoms with E-state index < -0.39 is 0 Å². The fourth-order valence-corrected chi connectivity index (χ4v) is 3.75. The molecule has 0 unspecified atom stereocenters. The molecule has 1 amide bonds. The van der Waals surface area contributed by atoms with E-state index in [1.54, 1.807) is 32.0 Å². The standard InChI is InChI=1S/C23H26N2O4S/c1-15(2)30-19-8-5-16(6-9-19)11-23(26)24-14-18-13-21(29-25-18)17-7-10-20(27-3)22(12-17)28-4/h5-10,12-13,15H,11,14H2,1-4H3,(H,24,26). The number of ether oxygens (including phenoxy) is 2. The fourth-order valence-electron chi connectivity index (χ4n) is 2.92. The second-order valence-corrected chi connectivity index (χ2v) is 8.67. The Labute approximate surface area is 180 Å². The van der Waals surface area contributed by atoms with Crippen molar-refractivity contribution in [1.82, 2.24) is 10.5 Å². The molecule has 0 saturated heterocycles. The number of carbonyl (C=O) groups excluding carboxylic acids is 1. The SMILES string of the molecule is COc1ccc(-c2cc(CNC(=O)Cc3ccc(SC(C)C)cc3)no2)cc1OC. The van der Waals surface area contributed by atoms with Gasteiger partial charge < -0.3 is 19.3 Å². The minimum atomic E-state index is -0.0603. The van der Waals surface area contributed by atoms with Crippen molar-refractivity contribution in [2.75, 3.05) is 14.2 Å². The lowest BCUT2D eigenvalue weighted by Crippen LogP contribution is -2.24. The topological polar surface area (TPSA) is 73.6 Å². The van der Waals surface area contributed by atoms with E-state index in [0.717, 1.165) is 11.1 Å². The van der Waals surface area contributed by atoms with Crippen molar-refractivity contribution >= 4 is 17.7 Å². The van der Waals surface area contributed by atoms with Crippen LogP contribution in [0.5, 0.6) is 11.5 Å². The number of amides is 1. The van der Waals surface area contributed by atoms with Gasteiger partial charge in [0.1, 0.15) is 5.69 Å². The minimum absolute atomic E-state index is 0.0603. The van der Waals surface area contributed by atoms with Crippen molar-refractivity contribution in [3.63, 3.8) is 0 Å². The van der Waals surface area contributed by atoms with Crippen molar-refractivity contribution in [1.29, 1.82) is 0 Å². The molecule has 0 bridgehead atoms. The molecule has 0 radical (unpaired) electrons. The first-order valence-electron chi connectivity index (χ1n) is 9.68. The minimum Gasteiger partial charge on any atom is -0.493 e. The quantitative estimate of drug-likeness (QED) is 0.499. The lowest BCUT2D eigenvalue weighted by atomic mass is 10.1. The lowest BCUT2D eigenvalue weighted by Gasteiger charge is -2.07. The van der Waals surface area contributed by atoms with Gasteiger partial charge in [0.2, 0.25) is 5.91 Å².